The van der Waals surface area contributed by atoms with Crippen molar-refractivity contribution in [1.82, 2.24) is 15.1 Å². The van der Waals surface area contributed by atoms with Gasteiger partial charge < -0.3 is 15.1 Å². The Bertz CT molecular complexity index is 555. The minimum absolute atomic E-state index is 0.595. The number of rotatable bonds is 5. The number of hydrogen-bond acceptors (Lipinski definition) is 2. The van der Waals surface area contributed by atoms with E-state index in [1.807, 2.05) is 12.1 Å². The standard InChI is InChI=1S/C21H32ClN3S/c22-19-10-8-18(9-11-19)17-23-21(26)25-15-6-3-7-20(25)12-16-24-13-4-1-2-5-14-24/h8-11,20H,1-7,12-17H2,(H,23,26). The molecule has 2 heterocycles. The van der Waals surface area contributed by atoms with Crippen LogP contribution in [0.2, 0.25) is 5.02 Å². The highest BCUT2D eigenvalue weighted by molar-refractivity contribution is 7.80. The van der Waals surface area contributed by atoms with Crippen molar-refractivity contribution in [2.24, 2.45) is 0 Å². The van der Waals surface area contributed by atoms with Gasteiger partial charge in [0.15, 0.2) is 5.11 Å². The van der Waals surface area contributed by atoms with Gasteiger partial charge in [0, 0.05) is 30.7 Å². The molecule has 0 aromatic heterocycles. The number of hydrogen-bond donors (Lipinski definition) is 1. The van der Waals surface area contributed by atoms with Crippen LogP contribution in [0.4, 0.5) is 0 Å². The summed E-state index contributed by atoms with van der Waals surface area (Å²) in [5.41, 5.74) is 1.22. The molecular formula is C21H32ClN3S. The summed E-state index contributed by atoms with van der Waals surface area (Å²) in [6.07, 6.45) is 10.7. The van der Waals surface area contributed by atoms with Gasteiger partial charge in [-0.3, -0.25) is 0 Å². The number of nitrogens with zero attached hydrogens (tertiary/aromatic N) is 2. The number of benzene rings is 1. The van der Waals surface area contributed by atoms with Gasteiger partial charge in [0.05, 0.1) is 0 Å². The molecule has 144 valence electrons. The van der Waals surface area contributed by atoms with Gasteiger partial charge in [0.2, 0.25) is 0 Å². The number of likely N-dealkylation sites (tertiary alicyclic amines) is 2. The average molecular weight is 394 g/mol. The van der Waals surface area contributed by atoms with E-state index in [2.05, 4.69) is 27.2 Å². The Morgan fingerprint density at radius 1 is 1.00 bits per heavy atom. The normalized spacial score (nSPS) is 22.0. The summed E-state index contributed by atoms with van der Waals surface area (Å²) in [4.78, 5) is 5.12. The molecule has 0 bridgehead atoms. The maximum atomic E-state index is 5.97. The zero-order valence-corrected chi connectivity index (χ0v) is 17.3. The summed E-state index contributed by atoms with van der Waals surface area (Å²) in [7, 11) is 0. The van der Waals surface area contributed by atoms with E-state index in [4.69, 9.17) is 23.8 Å². The van der Waals surface area contributed by atoms with Crippen LogP contribution in [0.1, 0.15) is 56.9 Å². The number of nitrogens with one attached hydrogen (secondary N) is 1. The quantitative estimate of drug-likeness (QED) is 0.721. The first-order valence-electron chi connectivity index (χ1n) is 10.2. The van der Waals surface area contributed by atoms with Crippen LogP contribution in [-0.4, -0.2) is 47.1 Å². The van der Waals surface area contributed by atoms with Crippen molar-refractivity contribution < 1.29 is 0 Å². The Morgan fingerprint density at radius 2 is 1.69 bits per heavy atom. The van der Waals surface area contributed by atoms with Gasteiger partial charge in [-0.25, -0.2) is 0 Å². The Kier molecular flexibility index (Phi) is 8.03. The molecule has 2 aliphatic rings. The maximum Gasteiger partial charge on any atom is 0.169 e. The first kappa shape index (κ1) is 19.9. The number of halogens is 1. The minimum atomic E-state index is 0.595. The third-order valence-electron chi connectivity index (χ3n) is 5.72. The smallest absolute Gasteiger partial charge is 0.169 e. The van der Waals surface area contributed by atoms with Gasteiger partial charge in [0.25, 0.3) is 0 Å². The fourth-order valence-electron chi connectivity index (χ4n) is 4.14. The third-order valence-corrected chi connectivity index (χ3v) is 6.35. The van der Waals surface area contributed by atoms with E-state index in [9.17, 15) is 0 Å². The highest BCUT2D eigenvalue weighted by atomic mass is 35.5. The second-order valence-electron chi connectivity index (χ2n) is 7.67. The SMILES string of the molecule is S=C(NCc1ccc(Cl)cc1)N1CCCCC1CCN1CCCCCC1. The number of piperidine rings is 1. The van der Waals surface area contributed by atoms with Crippen molar-refractivity contribution in [2.45, 2.75) is 64.0 Å². The summed E-state index contributed by atoms with van der Waals surface area (Å²) in [5, 5.41) is 5.16. The van der Waals surface area contributed by atoms with Crippen LogP contribution in [0.3, 0.4) is 0 Å². The second kappa shape index (κ2) is 10.5. The lowest BCUT2D eigenvalue weighted by molar-refractivity contribution is 0.192. The summed E-state index contributed by atoms with van der Waals surface area (Å²) in [6, 6.07) is 8.59. The van der Waals surface area contributed by atoms with E-state index in [1.165, 1.54) is 76.6 Å². The topological polar surface area (TPSA) is 18.5 Å². The highest BCUT2D eigenvalue weighted by Crippen LogP contribution is 2.21. The van der Waals surface area contributed by atoms with Crippen LogP contribution >= 0.6 is 23.8 Å². The van der Waals surface area contributed by atoms with Crippen molar-refractivity contribution in [3.8, 4) is 0 Å². The van der Waals surface area contributed by atoms with E-state index >= 15 is 0 Å². The molecule has 0 spiro atoms. The Hall–Kier alpha value is -0.840. The van der Waals surface area contributed by atoms with Crippen LogP contribution in [0.5, 0.6) is 0 Å². The lowest BCUT2D eigenvalue weighted by Crippen LogP contribution is -2.49. The average Bonchev–Trinajstić information content (AvgIpc) is 2.95. The van der Waals surface area contributed by atoms with Crippen molar-refractivity contribution in [1.29, 1.82) is 0 Å². The van der Waals surface area contributed by atoms with Crippen molar-refractivity contribution in [3.63, 3.8) is 0 Å². The fourth-order valence-corrected chi connectivity index (χ4v) is 4.58. The molecule has 1 N–H and O–H groups in total. The third kappa shape index (κ3) is 6.11. The molecule has 2 fully saturated rings. The van der Waals surface area contributed by atoms with E-state index < -0.39 is 0 Å². The first-order chi connectivity index (χ1) is 12.7. The van der Waals surface area contributed by atoms with E-state index in [0.29, 0.717) is 6.04 Å². The van der Waals surface area contributed by atoms with Crippen LogP contribution in [0, 0.1) is 0 Å². The monoisotopic (exact) mass is 393 g/mol. The van der Waals surface area contributed by atoms with Crippen molar-refractivity contribution in [3.05, 3.63) is 34.9 Å². The molecule has 1 aromatic carbocycles. The predicted octanol–water partition coefficient (Wildman–Crippen LogP) is 4.84. The van der Waals surface area contributed by atoms with Crippen molar-refractivity contribution in [2.75, 3.05) is 26.2 Å². The Morgan fingerprint density at radius 3 is 2.42 bits per heavy atom. The molecule has 26 heavy (non-hydrogen) atoms. The largest absolute Gasteiger partial charge is 0.358 e. The zero-order valence-electron chi connectivity index (χ0n) is 15.8. The van der Waals surface area contributed by atoms with E-state index in [0.717, 1.165) is 23.2 Å². The van der Waals surface area contributed by atoms with Gasteiger partial charge in [-0.1, -0.05) is 36.6 Å². The Balaban J connectivity index is 1.48. The maximum absolute atomic E-state index is 5.97. The van der Waals surface area contributed by atoms with Crippen LogP contribution in [0.15, 0.2) is 24.3 Å². The summed E-state index contributed by atoms with van der Waals surface area (Å²) >= 11 is 11.7. The molecule has 1 aromatic rings. The molecule has 1 atom stereocenters. The molecule has 2 saturated heterocycles. The minimum Gasteiger partial charge on any atom is -0.358 e. The Labute approximate surface area is 169 Å². The molecule has 1 unspecified atom stereocenters. The second-order valence-corrected chi connectivity index (χ2v) is 8.50. The van der Waals surface area contributed by atoms with E-state index in [-0.39, 0.29) is 0 Å². The van der Waals surface area contributed by atoms with Crippen molar-refractivity contribution >= 4 is 28.9 Å². The fraction of sp³-hybridized carbons (Fsp3) is 0.667. The molecular weight excluding hydrogens is 362 g/mol. The molecule has 0 saturated carbocycles. The zero-order chi connectivity index (χ0) is 18.2. The summed E-state index contributed by atoms with van der Waals surface area (Å²) in [6.45, 7) is 5.65. The van der Waals surface area contributed by atoms with Gasteiger partial charge in [0.1, 0.15) is 0 Å². The van der Waals surface area contributed by atoms with Crippen LogP contribution in [-0.2, 0) is 6.54 Å². The van der Waals surface area contributed by atoms with Crippen LogP contribution < -0.4 is 5.32 Å². The first-order valence-corrected chi connectivity index (χ1v) is 11.0. The molecule has 5 heteroatoms. The summed E-state index contributed by atoms with van der Waals surface area (Å²) in [5.74, 6) is 0. The lowest BCUT2D eigenvalue weighted by atomic mass is 9.99. The highest BCUT2D eigenvalue weighted by Gasteiger charge is 2.25. The molecule has 0 amide bonds. The van der Waals surface area contributed by atoms with E-state index in [1.54, 1.807) is 0 Å². The van der Waals surface area contributed by atoms with Gasteiger partial charge in [-0.2, -0.15) is 0 Å². The van der Waals surface area contributed by atoms with Crippen LogP contribution in [0.25, 0.3) is 0 Å². The lowest BCUT2D eigenvalue weighted by Gasteiger charge is -2.38. The van der Waals surface area contributed by atoms with Gasteiger partial charge in [-0.05, 0) is 81.5 Å². The molecule has 2 aliphatic heterocycles. The molecule has 3 nitrogen and oxygen atoms in total. The molecule has 3 rings (SSSR count). The van der Waals surface area contributed by atoms with Gasteiger partial charge >= 0.3 is 0 Å². The summed E-state index contributed by atoms with van der Waals surface area (Å²) < 4.78 is 0. The molecule has 0 aliphatic carbocycles. The molecule has 0 radical (unpaired) electrons. The van der Waals surface area contributed by atoms with Gasteiger partial charge in [-0.15, -0.1) is 0 Å². The predicted molar refractivity (Wildman–Crippen MR) is 115 cm³/mol. The number of thiocarbonyl (C=S) groups is 1.